The highest BCUT2D eigenvalue weighted by Crippen LogP contribution is 2.25. The van der Waals surface area contributed by atoms with E-state index in [-0.39, 0.29) is 5.97 Å². The summed E-state index contributed by atoms with van der Waals surface area (Å²) in [7, 11) is -5.39. The molecule has 0 aromatic heterocycles. The molecule has 0 unspecified atom stereocenters. The number of hydrogen-bond donors (Lipinski definition) is 0. The number of ether oxygens (including phenoxy) is 1. The minimum absolute atomic E-state index is 0.355. The van der Waals surface area contributed by atoms with E-state index in [2.05, 4.69) is 52.4 Å². The zero-order valence-corrected chi connectivity index (χ0v) is 17.7. The summed E-state index contributed by atoms with van der Waals surface area (Å²) < 4.78 is 17.8. The van der Waals surface area contributed by atoms with Crippen LogP contribution in [0.1, 0.15) is 12.8 Å². The number of hydrogen-bond acceptors (Lipinski definition) is 4. The van der Waals surface area contributed by atoms with E-state index in [9.17, 15) is 4.79 Å². The molecule has 124 valence electrons. The lowest BCUT2D eigenvalue weighted by Crippen LogP contribution is -2.52. The Morgan fingerprint density at radius 3 is 1.81 bits per heavy atom. The van der Waals surface area contributed by atoms with Crippen molar-refractivity contribution in [3.63, 3.8) is 0 Å². The van der Waals surface area contributed by atoms with Gasteiger partial charge in [0.1, 0.15) is 0 Å². The predicted octanol–water partition coefficient (Wildman–Crippen LogP) is 4.27. The third-order valence-electron chi connectivity index (χ3n) is 2.48. The van der Waals surface area contributed by atoms with E-state index >= 15 is 0 Å². The Bertz CT molecular complexity index is 329. The van der Waals surface area contributed by atoms with Crippen molar-refractivity contribution >= 4 is 31.2 Å². The Kier molecular flexibility index (Phi) is 8.33. The minimum atomic E-state index is -2.14. The van der Waals surface area contributed by atoms with Crippen molar-refractivity contribution in [3.8, 4) is 0 Å². The van der Waals surface area contributed by atoms with E-state index in [4.69, 9.17) is 13.0 Å². The van der Waals surface area contributed by atoms with E-state index in [1.54, 1.807) is 0 Å². The van der Waals surface area contributed by atoms with Gasteiger partial charge in [-0.3, -0.25) is 0 Å². The lowest BCUT2D eigenvalue weighted by atomic mass is 10.4. The second-order valence-electron chi connectivity index (χ2n) is 7.39. The highest BCUT2D eigenvalue weighted by atomic mass is 28.5. The lowest BCUT2D eigenvalue weighted by Gasteiger charge is -2.38. The highest BCUT2D eigenvalue weighted by Gasteiger charge is 2.39. The maximum Gasteiger partial charge on any atom is 0.330 e. The summed E-state index contributed by atoms with van der Waals surface area (Å²) in [5, 5.41) is 0. The molecule has 4 nitrogen and oxygen atoms in total. The summed E-state index contributed by atoms with van der Waals surface area (Å²) in [5.41, 5.74) is 0. The molecule has 0 atom stereocenters. The quantitative estimate of drug-likeness (QED) is 0.256. The second-order valence-corrected chi connectivity index (χ2v) is 20.2. The molecule has 0 aliphatic heterocycles. The first-order valence-corrected chi connectivity index (χ1v) is 16.9. The standard InChI is InChI=1S/C14H32O4Si3/c1-9-14(15)16-12-10-11-13-21(8,17-19(2,3)4)18-20(5,6)7/h9H,1,10-13H2,2-8H3. The molecule has 0 aromatic carbocycles. The lowest BCUT2D eigenvalue weighted by molar-refractivity contribution is -0.137. The van der Waals surface area contributed by atoms with Crippen molar-refractivity contribution in [1.29, 1.82) is 0 Å². The third kappa shape index (κ3) is 12.1. The van der Waals surface area contributed by atoms with Crippen LogP contribution in [0.25, 0.3) is 0 Å². The van der Waals surface area contributed by atoms with Gasteiger partial charge in [0, 0.05) is 6.08 Å². The van der Waals surface area contributed by atoms with Gasteiger partial charge in [-0.25, -0.2) is 4.79 Å². The number of carbonyl (C=O) groups is 1. The van der Waals surface area contributed by atoms with Crippen LogP contribution in [0, 0.1) is 0 Å². The highest BCUT2D eigenvalue weighted by molar-refractivity contribution is 6.87. The largest absolute Gasteiger partial charge is 0.463 e. The van der Waals surface area contributed by atoms with E-state index in [0.717, 1.165) is 18.9 Å². The first kappa shape index (κ1) is 20.8. The predicted molar refractivity (Wildman–Crippen MR) is 95.7 cm³/mol. The van der Waals surface area contributed by atoms with Gasteiger partial charge in [-0.1, -0.05) is 6.58 Å². The van der Waals surface area contributed by atoms with Crippen LogP contribution in [0.15, 0.2) is 12.7 Å². The van der Waals surface area contributed by atoms with Crippen LogP contribution in [0.4, 0.5) is 0 Å². The smallest absolute Gasteiger partial charge is 0.330 e. The molecule has 0 heterocycles. The number of unbranched alkanes of at least 4 members (excludes halogenated alkanes) is 1. The summed E-state index contributed by atoms with van der Waals surface area (Å²) in [6.45, 7) is 19.2. The van der Waals surface area contributed by atoms with Crippen LogP contribution in [0.5, 0.6) is 0 Å². The summed E-state index contributed by atoms with van der Waals surface area (Å²) in [5.74, 6) is -0.355. The second kappa shape index (κ2) is 8.42. The van der Waals surface area contributed by atoms with Crippen molar-refractivity contribution in [2.45, 2.75) is 64.7 Å². The third-order valence-corrected chi connectivity index (χ3v) is 12.1. The fourth-order valence-electron chi connectivity index (χ4n) is 2.20. The molecule has 0 fully saturated rings. The van der Waals surface area contributed by atoms with Crippen molar-refractivity contribution in [2.75, 3.05) is 6.61 Å². The van der Waals surface area contributed by atoms with Crippen LogP contribution in [-0.2, 0) is 17.8 Å². The van der Waals surface area contributed by atoms with Gasteiger partial charge in [-0.05, 0) is 64.7 Å². The Balaban J connectivity index is 4.41. The molecule has 0 radical (unpaired) electrons. The molecule has 0 bridgehead atoms. The summed E-state index contributed by atoms with van der Waals surface area (Å²) in [6, 6.07) is 0.952. The van der Waals surface area contributed by atoms with Gasteiger partial charge in [0.05, 0.1) is 6.61 Å². The average Bonchev–Trinajstić information content (AvgIpc) is 2.22. The number of esters is 1. The molecular formula is C14H32O4Si3. The average molecular weight is 349 g/mol. The zero-order valence-electron chi connectivity index (χ0n) is 14.7. The van der Waals surface area contributed by atoms with Crippen LogP contribution < -0.4 is 0 Å². The molecule has 0 rings (SSSR count). The Morgan fingerprint density at radius 2 is 1.43 bits per heavy atom. The fourth-order valence-corrected chi connectivity index (χ4v) is 14.8. The fraction of sp³-hybridized carbons (Fsp3) is 0.786. The van der Waals surface area contributed by atoms with E-state index < -0.39 is 25.2 Å². The van der Waals surface area contributed by atoms with Crippen molar-refractivity contribution < 1.29 is 17.8 Å². The van der Waals surface area contributed by atoms with Crippen LogP contribution in [0.3, 0.4) is 0 Å². The molecule has 21 heavy (non-hydrogen) atoms. The van der Waals surface area contributed by atoms with Crippen LogP contribution >= 0.6 is 0 Å². The zero-order chi connectivity index (χ0) is 16.7. The van der Waals surface area contributed by atoms with Gasteiger partial charge >= 0.3 is 14.5 Å². The number of carbonyl (C=O) groups excluding carboxylic acids is 1. The maximum absolute atomic E-state index is 11.0. The SMILES string of the molecule is C=CC(=O)OCCCC[Si](C)(O[Si](C)(C)C)O[Si](C)(C)C. The van der Waals surface area contributed by atoms with Gasteiger partial charge in [0.15, 0.2) is 16.6 Å². The van der Waals surface area contributed by atoms with E-state index in [0.29, 0.717) is 6.61 Å². The Labute approximate surface area is 133 Å². The molecule has 0 aromatic rings. The topological polar surface area (TPSA) is 44.8 Å². The molecular weight excluding hydrogens is 316 g/mol. The van der Waals surface area contributed by atoms with Crippen molar-refractivity contribution in [2.24, 2.45) is 0 Å². The van der Waals surface area contributed by atoms with E-state index in [1.807, 2.05) is 0 Å². The first-order chi connectivity index (χ1) is 9.37. The van der Waals surface area contributed by atoms with Crippen molar-refractivity contribution in [3.05, 3.63) is 12.7 Å². The van der Waals surface area contributed by atoms with Gasteiger partial charge in [0.25, 0.3) is 0 Å². The van der Waals surface area contributed by atoms with Gasteiger partial charge in [0.2, 0.25) is 0 Å². The molecule has 0 saturated carbocycles. The van der Waals surface area contributed by atoms with Gasteiger partial charge in [-0.15, -0.1) is 0 Å². The molecule has 0 aliphatic carbocycles. The van der Waals surface area contributed by atoms with Crippen LogP contribution in [0.2, 0.25) is 51.9 Å². The summed E-state index contributed by atoms with van der Waals surface area (Å²) in [6.07, 6.45) is 3.00. The summed E-state index contributed by atoms with van der Waals surface area (Å²) >= 11 is 0. The van der Waals surface area contributed by atoms with Crippen LogP contribution in [-0.4, -0.2) is 37.8 Å². The minimum Gasteiger partial charge on any atom is -0.463 e. The monoisotopic (exact) mass is 348 g/mol. The molecule has 0 N–H and O–H groups in total. The molecule has 0 saturated heterocycles. The molecule has 7 heteroatoms. The van der Waals surface area contributed by atoms with Gasteiger partial charge < -0.3 is 13.0 Å². The summed E-state index contributed by atoms with van der Waals surface area (Å²) in [4.78, 5) is 11.0. The van der Waals surface area contributed by atoms with Gasteiger partial charge in [-0.2, -0.15) is 0 Å². The molecule has 0 spiro atoms. The number of rotatable bonds is 10. The molecule has 0 amide bonds. The Morgan fingerprint density at radius 1 is 0.952 bits per heavy atom. The maximum atomic E-state index is 11.0. The molecule has 0 aliphatic rings. The first-order valence-electron chi connectivity index (χ1n) is 7.56. The Hall–Kier alpha value is -0.219. The van der Waals surface area contributed by atoms with E-state index in [1.165, 1.54) is 6.08 Å². The normalized spacial score (nSPS) is 13.1. The van der Waals surface area contributed by atoms with Crippen molar-refractivity contribution in [1.82, 2.24) is 0 Å².